The minimum Gasteiger partial charge on any atom is -0.457 e. The van der Waals surface area contributed by atoms with Crippen molar-refractivity contribution in [3.05, 3.63) is 65.7 Å². The molecular weight excluding hydrogens is 338 g/mol. The number of carbonyl (C=O) groups is 2. The molecule has 1 aliphatic rings. The van der Waals surface area contributed by atoms with Gasteiger partial charge in [0.15, 0.2) is 0 Å². The van der Waals surface area contributed by atoms with Gasteiger partial charge in [0.2, 0.25) is 5.91 Å². The van der Waals surface area contributed by atoms with Gasteiger partial charge in [-0.25, -0.2) is 4.79 Å². The third kappa shape index (κ3) is 4.57. The molecule has 0 radical (unpaired) electrons. The lowest BCUT2D eigenvalue weighted by Crippen LogP contribution is -2.46. The maximum atomic E-state index is 12.9. The maximum Gasteiger partial charge on any atom is 0.338 e. The summed E-state index contributed by atoms with van der Waals surface area (Å²) in [5, 5.41) is 0. The number of aryl methyl sites for hydroxylation is 1. The zero-order valence-electron chi connectivity index (χ0n) is 16.1. The minimum absolute atomic E-state index is 0.0917. The molecule has 142 valence electrons. The first-order valence-corrected chi connectivity index (χ1v) is 9.75. The third-order valence-electron chi connectivity index (χ3n) is 5.06. The van der Waals surface area contributed by atoms with E-state index in [-0.39, 0.29) is 24.0 Å². The van der Waals surface area contributed by atoms with Crippen molar-refractivity contribution < 1.29 is 14.3 Å². The van der Waals surface area contributed by atoms with E-state index in [2.05, 4.69) is 0 Å². The Morgan fingerprint density at radius 1 is 1.04 bits per heavy atom. The van der Waals surface area contributed by atoms with Gasteiger partial charge >= 0.3 is 5.97 Å². The van der Waals surface area contributed by atoms with E-state index in [4.69, 9.17) is 4.74 Å². The summed E-state index contributed by atoms with van der Waals surface area (Å²) in [6.45, 7) is 4.04. The van der Waals surface area contributed by atoms with E-state index in [1.165, 1.54) is 0 Å². The largest absolute Gasteiger partial charge is 0.457 e. The van der Waals surface area contributed by atoms with Crippen LogP contribution in [-0.2, 0) is 9.53 Å². The Balaban J connectivity index is 1.83. The number of rotatable bonds is 6. The Labute approximate surface area is 161 Å². The molecule has 1 fully saturated rings. The molecule has 0 aliphatic heterocycles. The van der Waals surface area contributed by atoms with Gasteiger partial charge in [-0.05, 0) is 56.9 Å². The van der Waals surface area contributed by atoms with Gasteiger partial charge in [-0.1, -0.05) is 42.8 Å². The van der Waals surface area contributed by atoms with Gasteiger partial charge in [0.25, 0.3) is 0 Å². The van der Waals surface area contributed by atoms with Crippen LogP contribution >= 0.6 is 0 Å². The lowest BCUT2D eigenvalue weighted by atomic mass is 10.1. The van der Waals surface area contributed by atoms with Gasteiger partial charge in [-0.3, -0.25) is 4.79 Å². The number of hydrogen-bond acceptors (Lipinski definition) is 3. The topological polar surface area (TPSA) is 46.6 Å². The van der Waals surface area contributed by atoms with Crippen molar-refractivity contribution >= 4 is 17.6 Å². The molecule has 0 N–H and O–H groups in total. The zero-order chi connectivity index (χ0) is 19.2. The fraction of sp³-hybridized carbons (Fsp3) is 0.391. The van der Waals surface area contributed by atoms with E-state index in [0.29, 0.717) is 12.0 Å². The highest BCUT2D eigenvalue weighted by Crippen LogP contribution is 2.32. The summed E-state index contributed by atoms with van der Waals surface area (Å²) in [5.74, 6) is -0.228. The van der Waals surface area contributed by atoms with Gasteiger partial charge < -0.3 is 9.64 Å². The van der Waals surface area contributed by atoms with Gasteiger partial charge in [0.05, 0.1) is 11.6 Å². The van der Waals surface area contributed by atoms with Crippen LogP contribution < -0.4 is 4.90 Å². The first-order valence-electron chi connectivity index (χ1n) is 9.75. The van der Waals surface area contributed by atoms with Gasteiger partial charge in [-0.2, -0.15) is 0 Å². The number of amides is 1. The van der Waals surface area contributed by atoms with Crippen LogP contribution in [-0.4, -0.2) is 24.0 Å². The lowest BCUT2D eigenvalue weighted by molar-refractivity contribution is -0.119. The molecule has 27 heavy (non-hydrogen) atoms. The zero-order valence-corrected chi connectivity index (χ0v) is 16.1. The Morgan fingerprint density at radius 2 is 1.74 bits per heavy atom. The fourth-order valence-corrected chi connectivity index (χ4v) is 3.68. The second-order valence-electron chi connectivity index (χ2n) is 7.16. The Bertz CT molecular complexity index is 770. The first-order chi connectivity index (χ1) is 13.1. The molecule has 2 atom stereocenters. The van der Waals surface area contributed by atoms with Crippen LogP contribution in [0.3, 0.4) is 0 Å². The highest BCUT2D eigenvalue weighted by atomic mass is 16.5. The summed E-state index contributed by atoms with van der Waals surface area (Å²) in [6.07, 6.45) is 3.58. The van der Waals surface area contributed by atoms with Crippen LogP contribution in [0.2, 0.25) is 0 Å². The maximum absolute atomic E-state index is 12.9. The molecule has 1 saturated carbocycles. The Morgan fingerprint density at radius 3 is 2.41 bits per heavy atom. The van der Waals surface area contributed by atoms with Crippen molar-refractivity contribution in [1.29, 1.82) is 0 Å². The van der Waals surface area contributed by atoms with Crippen molar-refractivity contribution in [3.8, 4) is 0 Å². The first kappa shape index (κ1) is 19.2. The second kappa shape index (κ2) is 8.85. The van der Waals surface area contributed by atoms with E-state index in [0.717, 1.165) is 36.9 Å². The molecule has 2 aromatic rings. The molecule has 0 bridgehead atoms. The molecule has 4 nitrogen and oxygen atoms in total. The van der Waals surface area contributed by atoms with Crippen molar-refractivity contribution in [2.24, 2.45) is 0 Å². The van der Waals surface area contributed by atoms with Crippen LogP contribution in [0.1, 0.15) is 54.9 Å². The molecule has 0 heterocycles. The highest BCUT2D eigenvalue weighted by molar-refractivity contribution is 5.94. The normalized spacial score (nSPS) is 18.9. The number of carbonyl (C=O) groups excluding carboxylic acids is 2. The standard InChI is InChI=1S/C23H27NO3/c1-3-8-22(25)24(19-15-13-17(2)14-16-19)20-11-7-12-21(20)27-23(26)18-9-5-4-6-10-18/h4-6,9-10,13-16,20-21H,3,7-8,11-12H2,1-2H3. The average Bonchev–Trinajstić information content (AvgIpc) is 3.12. The molecule has 2 aromatic carbocycles. The average molecular weight is 365 g/mol. The minimum atomic E-state index is -0.320. The fourth-order valence-electron chi connectivity index (χ4n) is 3.68. The molecule has 2 unspecified atom stereocenters. The van der Waals surface area contributed by atoms with Gasteiger partial charge in [-0.15, -0.1) is 0 Å². The Hall–Kier alpha value is -2.62. The number of anilines is 1. The van der Waals surface area contributed by atoms with E-state index >= 15 is 0 Å². The smallest absolute Gasteiger partial charge is 0.338 e. The summed E-state index contributed by atoms with van der Waals surface area (Å²) in [7, 11) is 0. The van der Waals surface area contributed by atoms with E-state index < -0.39 is 0 Å². The lowest BCUT2D eigenvalue weighted by Gasteiger charge is -2.33. The van der Waals surface area contributed by atoms with Crippen LogP contribution in [0.25, 0.3) is 0 Å². The number of benzene rings is 2. The molecule has 0 spiro atoms. The second-order valence-corrected chi connectivity index (χ2v) is 7.16. The van der Waals surface area contributed by atoms with Crippen molar-refractivity contribution in [1.82, 2.24) is 0 Å². The molecule has 3 rings (SSSR count). The number of nitrogens with zero attached hydrogens (tertiary/aromatic N) is 1. The monoisotopic (exact) mass is 365 g/mol. The molecule has 4 heteroatoms. The molecule has 1 aliphatic carbocycles. The van der Waals surface area contributed by atoms with Crippen molar-refractivity contribution in [2.45, 2.75) is 58.1 Å². The van der Waals surface area contributed by atoms with Gasteiger partial charge in [0, 0.05) is 12.1 Å². The molecule has 1 amide bonds. The summed E-state index contributed by atoms with van der Waals surface area (Å²) in [4.78, 5) is 27.3. The summed E-state index contributed by atoms with van der Waals surface area (Å²) in [5.41, 5.74) is 2.58. The summed E-state index contributed by atoms with van der Waals surface area (Å²) in [6, 6.07) is 16.9. The third-order valence-corrected chi connectivity index (χ3v) is 5.06. The quantitative estimate of drug-likeness (QED) is 0.684. The van der Waals surface area contributed by atoms with Crippen LogP contribution in [0.5, 0.6) is 0 Å². The van der Waals surface area contributed by atoms with E-state index in [9.17, 15) is 9.59 Å². The molecule has 0 saturated heterocycles. The predicted octanol–water partition coefficient (Wildman–Crippen LogP) is 4.91. The molecular formula is C23H27NO3. The van der Waals surface area contributed by atoms with Crippen LogP contribution in [0.15, 0.2) is 54.6 Å². The summed E-state index contributed by atoms with van der Waals surface area (Å²) < 4.78 is 5.83. The van der Waals surface area contributed by atoms with Crippen molar-refractivity contribution in [2.75, 3.05) is 4.90 Å². The SMILES string of the molecule is CCCC(=O)N(c1ccc(C)cc1)C1CCCC1OC(=O)c1ccccc1. The van der Waals surface area contributed by atoms with Crippen molar-refractivity contribution in [3.63, 3.8) is 0 Å². The number of hydrogen-bond donors (Lipinski definition) is 0. The summed E-state index contributed by atoms with van der Waals surface area (Å²) >= 11 is 0. The van der Waals surface area contributed by atoms with E-state index in [1.54, 1.807) is 12.1 Å². The number of ether oxygens (including phenoxy) is 1. The predicted molar refractivity (Wildman–Crippen MR) is 107 cm³/mol. The number of esters is 1. The van der Waals surface area contributed by atoms with Crippen LogP contribution in [0.4, 0.5) is 5.69 Å². The van der Waals surface area contributed by atoms with Gasteiger partial charge in [0.1, 0.15) is 6.10 Å². The van der Waals surface area contributed by atoms with Crippen LogP contribution in [0, 0.1) is 6.92 Å². The highest BCUT2D eigenvalue weighted by Gasteiger charge is 2.37. The molecule has 0 aromatic heterocycles. The van der Waals surface area contributed by atoms with E-state index in [1.807, 2.05) is 61.2 Å². The Kier molecular flexibility index (Phi) is 6.28.